The van der Waals surface area contributed by atoms with Gasteiger partial charge in [0, 0.05) is 117 Å². The SMILES string of the molecule is C.CC(=O)N1CCc2cc(-c3cccnc3)cc(Cl)c21.CC(=O)N1CCc2cc(-c3cccnc3)cc(Cl)c21.CC(=O)N1CCc2cc(Br)cc(Cl)c21.CC(=O)N1CCc2cc(Br)ccc21.O.O.[B]c1cccnc1. The van der Waals surface area contributed by atoms with Gasteiger partial charge in [-0.25, -0.2) is 0 Å². The van der Waals surface area contributed by atoms with Crippen LogP contribution in [-0.4, -0.2) is 83.6 Å². The van der Waals surface area contributed by atoms with Crippen LogP contribution in [0.5, 0.6) is 0 Å². The number of fused-ring (bicyclic) bond motifs is 4. The Hall–Kier alpha value is -5.98. The molecule has 0 spiro atoms. The third-order valence-corrected chi connectivity index (χ3v) is 14.0. The second-order valence-electron chi connectivity index (χ2n) is 17.1. The minimum atomic E-state index is 0. The maximum absolute atomic E-state index is 11.6. The predicted octanol–water partition coefficient (Wildman–Crippen LogP) is 10.9. The molecule has 7 aromatic rings. The number of carbonyl (C=O) groups is 4. The van der Waals surface area contributed by atoms with E-state index in [4.69, 9.17) is 42.6 Å². The highest BCUT2D eigenvalue weighted by molar-refractivity contribution is 9.10. The molecule has 390 valence electrons. The van der Waals surface area contributed by atoms with Crippen LogP contribution in [0.25, 0.3) is 22.3 Å². The Morgan fingerprint density at radius 3 is 1.21 bits per heavy atom. The van der Waals surface area contributed by atoms with E-state index in [1.54, 1.807) is 79.3 Å². The fraction of sp³-hybridized carbons (Fsp3) is 0.232. The van der Waals surface area contributed by atoms with Crippen LogP contribution in [0.4, 0.5) is 22.7 Å². The van der Waals surface area contributed by atoms with Crippen molar-refractivity contribution in [1.29, 1.82) is 0 Å². The molecule has 0 atom stereocenters. The Morgan fingerprint density at radius 2 is 0.840 bits per heavy atom. The summed E-state index contributed by atoms with van der Waals surface area (Å²) in [6.45, 7) is 9.29. The van der Waals surface area contributed by atoms with Gasteiger partial charge in [-0.1, -0.05) is 97.8 Å². The minimum absolute atomic E-state index is 0. The molecule has 0 bridgehead atoms. The molecule has 3 aromatic heterocycles. The fourth-order valence-electron chi connectivity index (χ4n) is 8.86. The summed E-state index contributed by atoms with van der Waals surface area (Å²) in [5.41, 5.74) is 13.2. The summed E-state index contributed by atoms with van der Waals surface area (Å²) in [5, 5.41) is 1.90. The second kappa shape index (κ2) is 28.2. The molecule has 7 heterocycles. The van der Waals surface area contributed by atoms with E-state index in [1.165, 1.54) is 5.56 Å². The van der Waals surface area contributed by atoms with Gasteiger partial charge in [-0.3, -0.25) is 34.1 Å². The van der Waals surface area contributed by atoms with E-state index in [-0.39, 0.29) is 42.0 Å². The second-order valence-corrected chi connectivity index (χ2v) is 20.1. The predicted molar refractivity (Wildman–Crippen MR) is 313 cm³/mol. The van der Waals surface area contributed by atoms with E-state index >= 15 is 0 Å². The number of aromatic nitrogens is 3. The summed E-state index contributed by atoms with van der Waals surface area (Å²) >= 11 is 25.6. The van der Waals surface area contributed by atoms with Crippen LogP contribution in [0, 0.1) is 0 Å². The van der Waals surface area contributed by atoms with Gasteiger partial charge < -0.3 is 30.6 Å². The molecule has 0 aliphatic carbocycles. The van der Waals surface area contributed by atoms with Crippen molar-refractivity contribution in [3.63, 3.8) is 0 Å². The van der Waals surface area contributed by atoms with E-state index < -0.39 is 0 Å². The molecular formula is C56H57BBr2Cl3N7O6. The van der Waals surface area contributed by atoms with E-state index in [9.17, 15) is 19.2 Å². The van der Waals surface area contributed by atoms with Gasteiger partial charge in [0.15, 0.2) is 0 Å². The molecular weight excluding hydrogens is 1140 g/mol. The van der Waals surface area contributed by atoms with E-state index in [0.717, 1.165) is 109 Å². The van der Waals surface area contributed by atoms with Crippen LogP contribution < -0.4 is 25.1 Å². The Bertz CT molecular complexity index is 3010. The monoisotopic (exact) mass is 1200 g/mol. The molecule has 0 saturated heterocycles. The zero-order valence-corrected chi connectivity index (χ0v) is 46.5. The first-order valence-electron chi connectivity index (χ1n) is 23.0. The van der Waals surface area contributed by atoms with Crippen LogP contribution >= 0.6 is 66.7 Å². The molecule has 0 saturated carbocycles. The summed E-state index contributed by atoms with van der Waals surface area (Å²) < 4.78 is 2.04. The van der Waals surface area contributed by atoms with Crippen molar-refractivity contribution in [3.05, 3.63) is 174 Å². The zero-order chi connectivity index (χ0) is 51.6. The largest absolute Gasteiger partial charge is 0.412 e. The molecule has 4 aromatic carbocycles. The van der Waals surface area contributed by atoms with Gasteiger partial charge in [0.1, 0.15) is 7.85 Å². The van der Waals surface area contributed by atoms with Crippen LogP contribution in [-0.2, 0) is 44.9 Å². The van der Waals surface area contributed by atoms with E-state index in [1.807, 2.05) is 78.0 Å². The Morgan fingerprint density at radius 1 is 0.467 bits per heavy atom. The Labute approximate surface area is 471 Å². The molecule has 4 amide bonds. The standard InChI is InChI=1S/2C15H13ClN2O.C10H9BrClNO.C10H10BrNO.C5H4BN.CH4.2H2O/c2*1-10(19)18-6-4-11-7-13(8-14(16)15(11)18)12-3-2-5-17-9-12;1-6(14)13-3-2-7-4-8(11)5-9(12)10(7)13;1-7(13)12-5-4-8-6-9(11)2-3-10(8)12;6-5-2-1-3-7-4-5;;;/h2*2-3,5,7-9H,4,6H2,1H3;4-5H,2-3H2,1H3;2-3,6H,4-5H2,1H3;1-4H;1H4;2*1H2. The molecule has 75 heavy (non-hydrogen) atoms. The molecule has 19 heteroatoms. The fourth-order valence-corrected chi connectivity index (χ4v) is 10.9. The van der Waals surface area contributed by atoms with E-state index in [0.29, 0.717) is 33.6 Å². The molecule has 0 fully saturated rings. The number of rotatable bonds is 2. The molecule has 4 aliphatic heterocycles. The topological polar surface area (TPSA) is 183 Å². The summed E-state index contributed by atoms with van der Waals surface area (Å²) in [7, 11) is 5.30. The molecule has 13 nitrogen and oxygen atoms in total. The lowest BCUT2D eigenvalue weighted by atomic mass is 10.00. The van der Waals surface area contributed by atoms with Crippen LogP contribution in [0.3, 0.4) is 0 Å². The number of pyridine rings is 3. The Balaban J connectivity index is 0.000000207. The average Bonchev–Trinajstić information content (AvgIpc) is 4.19. The van der Waals surface area contributed by atoms with Gasteiger partial charge in [-0.15, -0.1) is 0 Å². The number of amides is 4. The summed E-state index contributed by atoms with van der Waals surface area (Å²) in [4.78, 5) is 64.7. The van der Waals surface area contributed by atoms with Gasteiger partial charge in [-0.05, 0) is 132 Å². The normalized spacial score (nSPS) is 12.8. The lowest BCUT2D eigenvalue weighted by Crippen LogP contribution is -2.26. The first kappa shape index (κ1) is 61.6. The first-order valence-corrected chi connectivity index (χ1v) is 25.7. The van der Waals surface area contributed by atoms with Crippen molar-refractivity contribution in [2.45, 2.75) is 60.8 Å². The lowest BCUT2D eigenvalue weighted by molar-refractivity contribution is -0.117. The number of benzene rings is 4. The highest BCUT2D eigenvalue weighted by Crippen LogP contribution is 2.41. The van der Waals surface area contributed by atoms with Crippen molar-refractivity contribution in [1.82, 2.24) is 15.0 Å². The summed E-state index contributed by atoms with van der Waals surface area (Å²) in [6, 6.07) is 29.3. The number of halogens is 5. The van der Waals surface area contributed by atoms with Crippen molar-refractivity contribution >= 4 is 126 Å². The maximum atomic E-state index is 11.6. The molecule has 2 radical (unpaired) electrons. The number of carbonyl (C=O) groups excluding carboxylic acids is 4. The minimum Gasteiger partial charge on any atom is -0.412 e. The van der Waals surface area contributed by atoms with Crippen LogP contribution in [0.1, 0.15) is 57.4 Å². The van der Waals surface area contributed by atoms with Crippen molar-refractivity contribution in [2.24, 2.45) is 0 Å². The van der Waals surface area contributed by atoms with Crippen molar-refractivity contribution in [2.75, 3.05) is 45.8 Å². The van der Waals surface area contributed by atoms with Gasteiger partial charge in [0.25, 0.3) is 0 Å². The molecule has 4 aliphatic rings. The highest BCUT2D eigenvalue weighted by Gasteiger charge is 2.28. The van der Waals surface area contributed by atoms with Crippen LogP contribution in [0.2, 0.25) is 15.1 Å². The van der Waals surface area contributed by atoms with Gasteiger partial charge in [-0.2, -0.15) is 0 Å². The average molecular weight is 1200 g/mol. The van der Waals surface area contributed by atoms with Gasteiger partial charge in [0.05, 0.1) is 32.1 Å². The van der Waals surface area contributed by atoms with Gasteiger partial charge in [0.2, 0.25) is 23.6 Å². The number of anilines is 4. The quantitative estimate of drug-likeness (QED) is 0.154. The number of nitrogens with zero attached hydrogens (tertiary/aromatic N) is 7. The third-order valence-electron chi connectivity index (χ3n) is 12.1. The maximum Gasteiger partial charge on any atom is 0.223 e. The number of hydrogen-bond acceptors (Lipinski definition) is 7. The zero-order valence-electron chi connectivity index (χ0n) is 41.0. The van der Waals surface area contributed by atoms with Crippen molar-refractivity contribution < 1.29 is 30.1 Å². The summed E-state index contributed by atoms with van der Waals surface area (Å²) in [6.07, 6.45) is 14.0. The Kier molecular flexibility index (Phi) is 23.2. The third kappa shape index (κ3) is 15.3. The van der Waals surface area contributed by atoms with Crippen molar-refractivity contribution in [3.8, 4) is 22.3 Å². The number of hydrogen-bond donors (Lipinski definition) is 0. The first-order chi connectivity index (χ1) is 34.5. The molecule has 0 unspecified atom stereocenters. The molecule has 11 rings (SSSR count). The summed E-state index contributed by atoms with van der Waals surface area (Å²) in [5.74, 6) is 0.249. The highest BCUT2D eigenvalue weighted by atomic mass is 79.9. The van der Waals surface area contributed by atoms with Crippen LogP contribution in [0.15, 0.2) is 137 Å². The smallest absolute Gasteiger partial charge is 0.223 e. The van der Waals surface area contributed by atoms with E-state index in [2.05, 4.69) is 65.0 Å². The lowest BCUT2D eigenvalue weighted by Gasteiger charge is -2.16. The van der Waals surface area contributed by atoms with Gasteiger partial charge >= 0.3 is 0 Å². The molecule has 4 N–H and O–H groups in total.